The molecule has 1 N–H and O–H groups in total. The van der Waals surface area contributed by atoms with Gasteiger partial charge in [0, 0.05) is 11.8 Å². The Kier molecular flexibility index (Phi) is 6.63. The van der Waals surface area contributed by atoms with Crippen molar-refractivity contribution in [3.8, 4) is 5.88 Å². The largest absolute Gasteiger partial charge is 0.478 e. The molecule has 0 aliphatic heterocycles. The van der Waals surface area contributed by atoms with E-state index >= 15 is 0 Å². The number of aromatic nitrogens is 1. The third kappa shape index (κ3) is 5.68. The minimum atomic E-state index is 0.0379. The number of unbranched alkanes of at least 4 members (excludes halogenated alkanes) is 4. The number of aliphatic hydroxyl groups excluding tert-OH is 1. The van der Waals surface area contributed by atoms with E-state index in [0.29, 0.717) is 12.5 Å². The van der Waals surface area contributed by atoms with Crippen LogP contribution in [0.4, 0.5) is 0 Å². The van der Waals surface area contributed by atoms with Crippen LogP contribution in [0.5, 0.6) is 5.88 Å². The molecule has 0 saturated heterocycles. The maximum Gasteiger partial charge on any atom is 0.213 e. The molecule has 0 aliphatic rings. The number of hydrogen-bond acceptors (Lipinski definition) is 3. The molecule has 0 bridgehead atoms. The number of hydrogen-bond donors (Lipinski definition) is 1. The molecule has 17 heavy (non-hydrogen) atoms. The summed E-state index contributed by atoms with van der Waals surface area (Å²) in [6.07, 6.45) is 6.14. The maximum atomic E-state index is 9.07. The van der Waals surface area contributed by atoms with E-state index in [-0.39, 0.29) is 6.61 Å². The van der Waals surface area contributed by atoms with Gasteiger partial charge in [-0.05, 0) is 25.0 Å². The van der Waals surface area contributed by atoms with Gasteiger partial charge in [-0.3, -0.25) is 0 Å². The minimum absolute atomic E-state index is 0.0379. The number of pyridine rings is 1. The van der Waals surface area contributed by atoms with Crippen LogP contribution < -0.4 is 4.74 Å². The smallest absolute Gasteiger partial charge is 0.213 e. The van der Waals surface area contributed by atoms with Crippen LogP contribution in [0.2, 0.25) is 0 Å². The Morgan fingerprint density at radius 1 is 1.18 bits per heavy atom. The van der Waals surface area contributed by atoms with Crippen molar-refractivity contribution in [2.24, 2.45) is 0 Å². The van der Waals surface area contributed by atoms with Crippen LogP contribution in [0, 0.1) is 6.92 Å². The summed E-state index contributed by atoms with van der Waals surface area (Å²) in [6, 6.07) is 3.67. The van der Waals surface area contributed by atoms with Gasteiger partial charge in [0.25, 0.3) is 0 Å². The van der Waals surface area contributed by atoms with E-state index in [9.17, 15) is 0 Å². The van der Waals surface area contributed by atoms with Crippen molar-refractivity contribution in [3.05, 3.63) is 23.4 Å². The maximum absolute atomic E-state index is 9.07. The second kappa shape index (κ2) is 8.07. The van der Waals surface area contributed by atoms with E-state index in [0.717, 1.165) is 17.7 Å². The fourth-order valence-corrected chi connectivity index (χ4v) is 1.75. The lowest BCUT2D eigenvalue weighted by molar-refractivity contribution is 0.274. The molecule has 0 aliphatic carbocycles. The first-order chi connectivity index (χ1) is 8.26. The van der Waals surface area contributed by atoms with E-state index in [4.69, 9.17) is 9.84 Å². The standard InChI is InChI=1S/C14H23NO2/c1-3-4-5-6-7-8-17-14-10-13(11-16)9-12(2)15-14/h9-10,16H,3-8,11H2,1-2H3. The zero-order chi connectivity index (χ0) is 12.5. The number of ether oxygens (including phenoxy) is 1. The summed E-state index contributed by atoms with van der Waals surface area (Å²) in [6.45, 7) is 4.87. The molecule has 1 aromatic rings. The monoisotopic (exact) mass is 237 g/mol. The van der Waals surface area contributed by atoms with Crippen LogP contribution in [0.25, 0.3) is 0 Å². The van der Waals surface area contributed by atoms with Crippen molar-refractivity contribution in [3.63, 3.8) is 0 Å². The Bertz CT molecular complexity index is 326. The molecule has 96 valence electrons. The van der Waals surface area contributed by atoms with Crippen molar-refractivity contribution < 1.29 is 9.84 Å². The second-order valence-electron chi connectivity index (χ2n) is 4.38. The van der Waals surface area contributed by atoms with Crippen LogP contribution >= 0.6 is 0 Å². The third-order valence-corrected chi connectivity index (χ3v) is 2.67. The highest BCUT2D eigenvalue weighted by Gasteiger charge is 2.00. The SMILES string of the molecule is CCCCCCCOc1cc(CO)cc(C)n1. The number of aryl methyl sites for hydroxylation is 1. The van der Waals surface area contributed by atoms with Crippen molar-refractivity contribution in [1.82, 2.24) is 4.98 Å². The van der Waals surface area contributed by atoms with E-state index in [1.807, 2.05) is 13.0 Å². The van der Waals surface area contributed by atoms with E-state index in [1.165, 1.54) is 25.7 Å². The Morgan fingerprint density at radius 3 is 2.65 bits per heavy atom. The lowest BCUT2D eigenvalue weighted by Crippen LogP contribution is -2.01. The van der Waals surface area contributed by atoms with Crippen molar-refractivity contribution in [1.29, 1.82) is 0 Å². The molecule has 0 saturated carbocycles. The molecule has 0 aromatic carbocycles. The van der Waals surface area contributed by atoms with Crippen LogP contribution in [0.3, 0.4) is 0 Å². The molecule has 0 unspecified atom stereocenters. The molecule has 0 fully saturated rings. The average molecular weight is 237 g/mol. The summed E-state index contributed by atoms with van der Waals surface area (Å²) in [4.78, 5) is 4.28. The summed E-state index contributed by atoms with van der Waals surface area (Å²) >= 11 is 0. The number of rotatable bonds is 8. The normalized spacial score (nSPS) is 10.5. The van der Waals surface area contributed by atoms with Gasteiger partial charge in [-0.2, -0.15) is 0 Å². The van der Waals surface area contributed by atoms with Crippen LogP contribution in [0.15, 0.2) is 12.1 Å². The molecule has 3 nitrogen and oxygen atoms in total. The summed E-state index contributed by atoms with van der Waals surface area (Å²) in [5.41, 5.74) is 1.75. The van der Waals surface area contributed by atoms with Gasteiger partial charge in [-0.1, -0.05) is 32.6 Å². The quantitative estimate of drug-likeness (QED) is 0.706. The Morgan fingerprint density at radius 2 is 1.94 bits per heavy atom. The molecule has 3 heteroatoms. The van der Waals surface area contributed by atoms with Gasteiger partial charge in [0.05, 0.1) is 13.2 Å². The summed E-state index contributed by atoms with van der Waals surface area (Å²) in [7, 11) is 0. The fraction of sp³-hybridized carbons (Fsp3) is 0.643. The van der Waals surface area contributed by atoms with E-state index in [1.54, 1.807) is 6.07 Å². The average Bonchev–Trinajstić information content (AvgIpc) is 2.33. The van der Waals surface area contributed by atoms with Gasteiger partial charge in [0.15, 0.2) is 0 Å². The first-order valence-electron chi connectivity index (χ1n) is 6.47. The summed E-state index contributed by atoms with van der Waals surface area (Å²) in [5.74, 6) is 0.629. The molecule has 0 atom stereocenters. The van der Waals surface area contributed by atoms with Crippen LogP contribution in [-0.4, -0.2) is 16.7 Å². The van der Waals surface area contributed by atoms with Crippen molar-refractivity contribution in [2.75, 3.05) is 6.61 Å². The third-order valence-electron chi connectivity index (χ3n) is 2.67. The summed E-state index contributed by atoms with van der Waals surface area (Å²) < 4.78 is 5.59. The molecular formula is C14H23NO2. The highest BCUT2D eigenvalue weighted by atomic mass is 16.5. The van der Waals surface area contributed by atoms with Gasteiger partial charge >= 0.3 is 0 Å². The predicted octanol–water partition coefficient (Wildman–Crippen LogP) is 3.23. The second-order valence-corrected chi connectivity index (χ2v) is 4.38. The fourth-order valence-electron chi connectivity index (χ4n) is 1.75. The Hall–Kier alpha value is -1.09. The van der Waals surface area contributed by atoms with E-state index in [2.05, 4.69) is 11.9 Å². The van der Waals surface area contributed by atoms with Gasteiger partial charge < -0.3 is 9.84 Å². The topological polar surface area (TPSA) is 42.4 Å². The van der Waals surface area contributed by atoms with Gasteiger partial charge in [0.2, 0.25) is 5.88 Å². The lowest BCUT2D eigenvalue weighted by atomic mass is 10.2. The zero-order valence-electron chi connectivity index (χ0n) is 10.9. The van der Waals surface area contributed by atoms with Crippen LogP contribution in [-0.2, 0) is 6.61 Å². The van der Waals surface area contributed by atoms with Crippen LogP contribution in [0.1, 0.15) is 50.3 Å². The van der Waals surface area contributed by atoms with Gasteiger partial charge in [-0.15, -0.1) is 0 Å². The molecule has 1 aromatic heterocycles. The molecule has 1 heterocycles. The Balaban J connectivity index is 2.28. The van der Waals surface area contributed by atoms with Crippen molar-refractivity contribution in [2.45, 2.75) is 52.6 Å². The molecule has 0 amide bonds. The first kappa shape index (κ1) is 14.0. The molecule has 0 spiro atoms. The van der Waals surface area contributed by atoms with Crippen molar-refractivity contribution >= 4 is 0 Å². The lowest BCUT2D eigenvalue weighted by Gasteiger charge is -2.07. The minimum Gasteiger partial charge on any atom is -0.478 e. The molecule has 1 rings (SSSR count). The predicted molar refractivity (Wildman–Crippen MR) is 69.2 cm³/mol. The molecule has 0 radical (unpaired) electrons. The Labute approximate surface area is 104 Å². The summed E-state index contributed by atoms with van der Waals surface area (Å²) in [5, 5.41) is 9.07. The highest BCUT2D eigenvalue weighted by molar-refractivity contribution is 5.23. The first-order valence-corrected chi connectivity index (χ1v) is 6.47. The number of aliphatic hydroxyl groups is 1. The zero-order valence-corrected chi connectivity index (χ0v) is 10.9. The number of nitrogens with zero attached hydrogens (tertiary/aromatic N) is 1. The van der Waals surface area contributed by atoms with E-state index < -0.39 is 0 Å². The highest BCUT2D eigenvalue weighted by Crippen LogP contribution is 2.13. The van der Waals surface area contributed by atoms with Gasteiger partial charge in [-0.25, -0.2) is 4.98 Å². The molecular weight excluding hydrogens is 214 g/mol. The van der Waals surface area contributed by atoms with Gasteiger partial charge in [0.1, 0.15) is 0 Å².